The van der Waals surface area contributed by atoms with Crippen LogP contribution in [-0.2, 0) is 0 Å². The molecule has 0 radical (unpaired) electrons. The number of hydrogen-bond acceptors (Lipinski definition) is 4. The van der Waals surface area contributed by atoms with Gasteiger partial charge in [0.05, 0.1) is 17.4 Å². The number of hydrogen-bond donors (Lipinski definition) is 3. The molecule has 1 saturated heterocycles. The number of carbonyl (C=O) groups is 2. The fourth-order valence-electron chi connectivity index (χ4n) is 3.31. The molecule has 0 spiro atoms. The molecule has 0 saturated carbocycles. The van der Waals surface area contributed by atoms with E-state index >= 15 is 0 Å². The highest BCUT2D eigenvalue weighted by Gasteiger charge is 2.19. The summed E-state index contributed by atoms with van der Waals surface area (Å²) in [6, 6.07) is 8.23. The summed E-state index contributed by atoms with van der Waals surface area (Å²) < 4.78 is 5.55. The maximum Gasteiger partial charge on any atom is 0.319 e. The van der Waals surface area contributed by atoms with Gasteiger partial charge in [-0.25, -0.2) is 4.79 Å². The van der Waals surface area contributed by atoms with Gasteiger partial charge in [-0.2, -0.15) is 0 Å². The summed E-state index contributed by atoms with van der Waals surface area (Å²) in [5, 5.41) is 5.73. The van der Waals surface area contributed by atoms with Gasteiger partial charge in [-0.05, 0) is 63.4 Å². The third-order valence-electron chi connectivity index (χ3n) is 4.76. The zero-order valence-electron chi connectivity index (χ0n) is 15.7. The van der Waals surface area contributed by atoms with E-state index in [2.05, 4.69) is 15.5 Å². The summed E-state index contributed by atoms with van der Waals surface area (Å²) in [6.07, 6.45) is 3.43. The number of aryl methyl sites for hydroxylation is 1. The highest BCUT2D eigenvalue weighted by atomic mass is 16.3. The Bertz CT molecular complexity index is 824. The third-order valence-corrected chi connectivity index (χ3v) is 4.76. The second kappa shape index (κ2) is 8.16. The van der Waals surface area contributed by atoms with Gasteiger partial charge in [-0.1, -0.05) is 0 Å². The minimum atomic E-state index is -0.525. The monoisotopic (exact) mass is 370 g/mol. The Morgan fingerprint density at radius 3 is 2.52 bits per heavy atom. The Morgan fingerprint density at radius 2 is 1.89 bits per heavy atom. The summed E-state index contributed by atoms with van der Waals surface area (Å²) in [6.45, 7) is 5.56. The number of nitrogens with two attached hydrogens (primary N) is 1. The molecule has 7 heteroatoms. The van der Waals surface area contributed by atoms with Gasteiger partial charge >= 0.3 is 6.03 Å². The first-order valence-corrected chi connectivity index (χ1v) is 9.26. The molecule has 3 rings (SSSR count). The molecule has 1 aromatic heterocycles. The number of nitrogens with zero attached hydrogens (tertiary/aromatic N) is 1. The minimum Gasteiger partial charge on any atom is -0.464 e. The summed E-state index contributed by atoms with van der Waals surface area (Å²) in [7, 11) is 0. The van der Waals surface area contributed by atoms with E-state index in [0.29, 0.717) is 17.0 Å². The summed E-state index contributed by atoms with van der Waals surface area (Å²) in [5.74, 6) is 0.952. The molecular formula is C20H26N4O3. The van der Waals surface area contributed by atoms with Crippen LogP contribution < -0.4 is 21.3 Å². The number of piperidine rings is 1. The molecule has 144 valence electrons. The van der Waals surface area contributed by atoms with Crippen LogP contribution in [0.3, 0.4) is 0 Å². The van der Waals surface area contributed by atoms with Crippen molar-refractivity contribution in [2.45, 2.75) is 39.2 Å². The van der Waals surface area contributed by atoms with E-state index in [1.54, 1.807) is 12.1 Å². The number of carbonyl (C=O) groups excluding carboxylic acids is 2. The van der Waals surface area contributed by atoms with Crippen LogP contribution in [-0.4, -0.2) is 25.0 Å². The lowest BCUT2D eigenvalue weighted by Crippen LogP contribution is -2.34. The minimum absolute atomic E-state index is 0.281. The van der Waals surface area contributed by atoms with Gasteiger partial charge in [-0.3, -0.25) is 4.79 Å². The fraction of sp³-hybridized carbons (Fsp3) is 0.400. The van der Waals surface area contributed by atoms with Crippen molar-refractivity contribution >= 4 is 23.3 Å². The molecular weight excluding hydrogens is 344 g/mol. The molecule has 1 fully saturated rings. The smallest absolute Gasteiger partial charge is 0.319 e. The first-order chi connectivity index (χ1) is 12.9. The number of anilines is 2. The van der Waals surface area contributed by atoms with Crippen molar-refractivity contribution in [3.8, 4) is 0 Å². The average Bonchev–Trinajstić information content (AvgIpc) is 3.09. The molecule has 1 aromatic carbocycles. The van der Waals surface area contributed by atoms with Crippen molar-refractivity contribution in [2.24, 2.45) is 5.73 Å². The largest absolute Gasteiger partial charge is 0.464 e. The topological polar surface area (TPSA) is 101 Å². The van der Waals surface area contributed by atoms with Gasteiger partial charge in [-0.15, -0.1) is 0 Å². The molecule has 1 aliphatic rings. The average molecular weight is 370 g/mol. The molecule has 7 nitrogen and oxygen atoms in total. The number of benzene rings is 1. The summed E-state index contributed by atoms with van der Waals surface area (Å²) in [4.78, 5) is 26.3. The van der Waals surface area contributed by atoms with Crippen LogP contribution in [0.25, 0.3) is 0 Å². The maximum absolute atomic E-state index is 12.5. The zero-order valence-corrected chi connectivity index (χ0v) is 15.7. The second-order valence-corrected chi connectivity index (χ2v) is 6.91. The Labute approximate surface area is 158 Å². The van der Waals surface area contributed by atoms with Gasteiger partial charge < -0.3 is 25.7 Å². The molecule has 0 aliphatic carbocycles. The lowest BCUT2D eigenvalue weighted by molar-refractivity contribution is 0.100. The molecule has 2 heterocycles. The predicted octanol–water partition coefficient (Wildman–Crippen LogP) is 3.56. The van der Waals surface area contributed by atoms with E-state index in [9.17, 15) is 9.59 Å². The van der Waals surface area contributed by atoms with Gasteiger partial charge in [0.25, 0.3) is 0 Å². The lowest BCUT2D eigenvalue weighted by Gasteiger charge is -2.30. The van der Waals surface area contributed by atoms with E-state index in [4.69, 9.17) is 10.2 Å². The Kier molecular flexibility index (Phi) is 5.69. The SMILES string of the molecule is Cc1ccc(C(C)NC(=O)Nc2cc(C(N)=O)ccc2N2CCCCC2)o1. The van der Waals surface area contributed by atoms with E-state index in [-0.39, 0.29) is 12.1 Å². The molecule has 1 aliphatic heterocycles. The Hall–Kier alpha value is -2.96. The molecule has 1 unspecified atom stereocenters. The van der Waals surface area contributed by atoms with Crippen molar-refractivity contribution < 1.29 is 14.0 Å². The number of urea groups is 1. The molecule has 2 aromatic rings. The van der Waals surface area contributed by atoms with Crippen LogP contribution in [0, 0.1) is 6.92 Å². The van der Waals surface area contributed by atoms with E-state index in [1.165, 1.54) is 6.42 Å². The summed E-state index contributed by atoms with van der Waals surface area (Å²) >= 11 is 0. The van der Waals surface area contributed by atoms with E-state index in [1.807, 2.05) is 32.0 Å². The van der Waals surface area contributed by atoms with Crippen LogP contribution in [0.5, 0.6) is 0 Å². The first-order valence-electron chi connectivity index (χ1n) is 9.26. The number of primary amides is 1. The van der Waals surface area contributed by atoms with Gasteiger partial charge in [0, 0.05) is 18.7 Å². The van der Waals surface area contributed by atoms with Gasteiger partial charge in [0.15, 0.2) is 0 Å². The van der Waals surface area contributed by atoms with Gasteiger partial charge in [0.1, 0.15) is 11.5 Å². The molecule has 3 amide bonds. The van der Waals surface area contributed by atoms with Crippen LogP contribution in [0.1, 0.15) is 54.1 Å². The van der Waals surface area contributed by atoms with Crippen molar-refractivity contribution in [2.75, 3.05) is 23.3 Å². The summed E-state index contributed by atoms with van der Waals surface area (Å²) in [5.41, 5.74) is 7.25. The number of nitrogens with one attached hydrogen (secondary N) is 2. The van der Waals surface area contributed by atoms with Crippen LogP contribution >= 0.6 is 0 Å². The molecule has 27 heavy (non-hydrogen) atoms. The predicted molar refractivity (Wildman–Crippen MR) is 105 cm³/mol. The maximum atomic E-state index is 12.5. The quantitative estimate of drug-likeness (QED) is 0.749. The third kappa shape index (κ3) is 4.61. The van der Waals surface area contributed by atoms with Crippen molar-refractivity contribution in [1.29, 1.82) is 0 Å². The highest BCUT2D eigenvalue weighted by molar-refractivity contribution is 5.99. The standard InChI is InChI=1S/C20H26N4O3/c1-13-6-9-18(27-13)14(2)22-20(26)23-16-12-15(19(21)25)7-8-17(16)24-10-4-3-5-11-24/h6-9,12,14H,3-5,10-11H2,1-2H3,(H2,21,25)(H2,22,23,26). The number of amides is 3. The highest BCUT2D eigenvalue weighted by Crippen LogP contribution is 2.30. The van der Waals surface area contributed by atoms with Crippen molar-refractivity contribution in [3.63, 3.8) is 0 Å². The molecule has 0 bridgehead atoms. The molecule has 1 atom stereocenters. The van der Waals surface area contributed by atoms with Gasteiger partial charge in [0.2, 0.25) is 5.91 Å². The van der Waals surface area contributed by atoms with Crippen LogP contribution in [0.15, 0.2) is 34.7 Å². The van der Waals surface area contributed by atoms with E-state index < -0.39 is 5.91 Å². The Morgan fingerprint density at radius 1 is 1.15 bits per heavy atom. The van der Waals surface area contributed by atoms with Crippen LogP contribution in [0.2, 0.25) is 0 Å². The second-order valence-electron chi connectivity index (χ2n) is 6.91. The van der Waals surface area contributed by atoms with Crippen molar-refractivity contribution in [1.82, 2.24) is 5.32 Å². The number of rotatable bonds is 5. The first kappa shape index (κ1) is 18.8. The van der Waals surface area contributed by atoms with Crippen molar-refractivity contribution in [3.05, 3.63) is 47.4 Å². The lowest BCUT2D eigenvalue weighted by atomic mass is 10.1. The normalized spacial score (nSPS) is 15.3. The molecule has 4 N–H and O–H groups in total. The number of furan rings is 1. The Balaban J connectivity index is 1.77. The zero-order chi connectivity index (χ0) is 19.4. The fourth-order valence-corrected chi connectivity index (χ4v) is 3.31. The van der Waals surface area contributed by atoms with E-state index in [0.717, 1.165) is 37.4 Å². The van der Waals surface area contributed by atoms with Crippen LogP contribution in [0.4, 0.5) is 16.2 Å².